The fraction of sp³-hybridized carbons (Fsp3) is 0.417. The highest BCUT2D eigenvalue weighted by Crippen LogP contribution is 2.33. The Kier molecular flexibility index (Phi) is 3.40. The third kappa shape index (κ3) is 2.15. The molecule has 0 bridgehead atoms. The van der Waals surface area contributed by atoms with Crippen LogP contribution in [0.25, 0.3) is 0 Å². The Balaban J connectivity index is 3.28. The summed E-state index contributed by atoms with van der Waals surface area (Å²) in [4.78, 5) is 11.3. The highest BCUT2D eigenvalue weighted by Gasteiger charge is 2.38. The van der Waals surface area contributed by atoms with Gasteiger partial charge in [-0.3, -0.25) is 4.79 Å². The zero-order valence-corrected chi connectivity index (χ0v) is 9.88. The molecule has 0 aliphatic heterocycles. The van der Waals surface area contributed by atoms with E-state index in [1.807, 2.05) is 13.8 Å². The largest absolute Gasteiger partial charge is 0.481 e. The van der Waals surface area contributed by atoms with Gasteiger partial charge in [0.25, 0.3) is 0 Å². The van der Waals surface area contributed by atoms with Gasteiger partial charge in [-0.25, -0.2) is 0 Å². The van der Waals surface area contributed by atoms with Gasteiger partial charge in [0.05, 0.1) is 5.41 Å². The highest BCUT2D eigenvalue weighted by atomic mass is 35.5. The molecule has 0 amide bonds. The summed E-state index contributed by atoms with van der Waals surface area (Å²) in [6, 6.07) is 7.05. The Morgan fingerprint density at radius 1 is 1.47 bits per heavy atom. The molecule has 0 spiro atoms. The van der Waals surface area contributed by atoms with Crippen molar-refractivity contribution in [2.45, 2.75) is 26.2 Å². The van der Waals surface area contributed by atoms with E-state index in [9.17, 15) is 9.90 Å². The molecule has 1 unspecified atom stereocenters. The summed E-state index contributed by atoms with van der Waals surface area (Å²) in [6.07, 6.45) is 0. The van der Waals surface area contributed by atoms with E-state index in [-0.39, 0.29) is 5.92 Å². The molecule has 0 saturated heterocycles. The molecule has 0 fully saturated rings. The Labute approximate surface area is 94.9 Å². The molecule has 1 aromatic carbocycles. The molecule has 1 rings (SSSR count). The van der Waals surface area contributed by atoms with Gasteiger partial charge in [-0.05, 0) is 30.5 Å². The minimum Gasteiger partial charge on any atom is -0.481 e. The van der Waals surface area contributed by atoms with Crippen LogP contribution in [-0.4, -0.2) is 11.1 Å². The number of rotatable bonds is 3. The third-order valence-corrected chi connectivity index (χ3v) is 3.26. The standard InChI is InChI=1S/C12H15ClO2/c1-8(2)12(3,11(14)15)9-5-4-6-10(13)7-9/h4-8H,1-3H3,(H,14,15). The number of hydrogen-bond acceptors (Lipinski definition) is 1. The quantitative estimate of drug-likeness (QED) is 0.859. The van der Waals surface area contributed by atoms with Crippen LogP contribution in [-0.2, 0) is 10.2 Å². The molecule has 0 aliphatic carbocycles. The topological polar surface area (TPSA) is 37.3 Å². The average Bonchev–Trinajstić information content (AvgIpc) is 2.15. The van der Waals surface area contributed by atoms with Gasteiger partial charge in [0.2, 0.25) is 0 Å². The Bertz CT molecular complexity index is 374. The third-order valence-electron chi connectivity index (χ3n) is 3.02. The number of carboxylic acid groups (broad SMARTS) is 1. The van der Waals surface area contributed by atoms with E-state index in [0.29, 0.717) is 5.02 Å². The number of carboxylic acids is 1. The van der Waals surface area contributed by atoms with Gasteiger partial charge < -0.3 is 5.11 Å². The second-order valence-electron chi connectivity index (χ2n) is 4.17. The van der Waals surface area contributed by atoms with Crippen molar-refractivity contribution in [1.29, 1.82) is 0 Å². The van der Waals surface area contributed by atoms with E-state index in [2.05, 4.69) is 0 Å². The van der Waals surface area contributed by atoms with Gasteiger partial charge in [-0.15, -0.1) is 0 Å². The molecule has 3 heteroatoms. The van der Waals surface area contributed by atoms with Crippen molar-refractivity contribution in [3.05, 3.63) is 34.9 Å². The molecule has 0 aliphatic rings. The van der Waals surface area contributed by atoms with Crippen molar-refractivity contribution in [2.75, 3.05) is 0 Å². The van der Waals surface area contributed by atoms with E-state index in [1.54, 1.807) is 31.2 Å². The SMILES string of the molecule is CC(C)C(C)(C(=O)O)c1cccc(Cl)c1. The first-order valence-corrected chi connectivity index (χ1v) is 5.26. The van der Waals surface area contributed by atoms with Crippen molar-refractivity contribution in [3.8, 4) is 0 Å². The predicted octanol–water partition coefficient (Wildman–Crippen LogP) is 3.34. The molecule has 2 nitrogen and oxygen atoms in total. The summed E-state index contributed by atoms with van der Waals surface area (Å²) in [5, 5.41) is 9.87. The second-order valence-corrected chi connectivity index (χ2v) is 4.61. The summed E-state index contributed by atoms with van der Waals surface area (Å²) < 4.78 is 0. The molecular formula is C12H15ClO2. The van der Waals surface area contributed by atoms with E-state index in [1.165, 1.54) is 0 Å². The van der Waals surface area contributed by atoms with Gasteiger partial charge in [0.1, 0.15) is 0 Å². The number of halogens is 1. The summed E-state index contributed by atoms with van der Waals surface area (Å²) in [5.41, 5.74) is -0.136. The zero-order chi connectivity index (χ0) is 11.6. The molecule has 0 saturated carbocycles. The first-order valence-electron chi connectivity index (χ1n) is 4.88. The first kappa shape index (κ1) is 12.1. The zero-order valence-electron chi connectivity index (χ0n) is 9.12. The molecule has 1 aromatic rings. The lowest BCUT2D eigenvalue weighted by Crippen LogP contribution is -2.37. The molecule has 82 valence electrons. The van der Waals surface area contributed by atoms with Crippen molar-refractivity contribution >= 4 is 17.6 Å². The second kappa shape index (κ2) is 4.23. The van der Waals surface area contributed by atoms with Gasteiger partial charge in [-0.2, -0.15) is 0 Å². The number of aliphatic carboxylic acids is 1. The van der Waals surface area contributed by atoms with Crippen LogP contribution in [0, 0.1) is 5.92 Å². The van der Waals surface area contributed by atoms with Crippen LogP contribution in [0.15, 0.2) is 24.3 Å². The summed E-state index contributed by atoms with van der Waals surface area (Å²) >= 11 is 5.87. The fourth-order valence-electron chi connectivity index (χ4n) is 1.52. The van der Waals surface area contributed by atoms with Crippen LogP contribution < -0.4 is 0 Å². The maximum absolute atomic E-state index is 11.3. The molecule has 0 aromatic heterocycles. The van der Waals surface area contributed by atoms with Gasteiger partial charge in [0.15, 0.2) is 0 Å². The van der Waals surface area contributed by atoms with E-state index >= 15 is 0 Å². The Morgan fingerprint density at radius 2 is 2.07 bits per heavy atom. The maximum Gasteiger partial charge on any atom is 0.314 e. The van der Waals surface area contributed by atoms with Crippen molar-refractivity contribution < 1.29 is 9.90 Å². The highest BCUT2D eigenvalue weighted by molar-refractivity contribution is 6.30. The molecule has 1 atom stereocenters. The predicted molar refractivity (Wildman–Crippen MR) is 61.3 cm³/mol. The first-order chi connectivity index (χ1) is 6.89. The van der Waals surface area contributed by atoms with Crippen LogP contribution in [0.3, 0.4) is 0 Å². The van der Waals surface area contributed by atoms with Crippen LogP contribution in [0.1, 0.15) is 26.3 Å². The maximum atomic E-state index is 11.3. The van der Waals surface area contributed by atoms with Crippen LogP contribution in [0.4, 0.5) is 0 Å². The minimum atomic E-state index is -0.884. The lowest BCUT2D eigenvalue weighted by molar-refractivity contribution is -0.145. The summed E-state index contributed by atoms with van der Waals surface area (Å²) in [7, 11) is 0. The number of carbonyl (C=O) groups is 1. The normalized spacial score (nSPS) is 15.0. The van der Waals surface area contributed by atoms with Crippen LogP contribution >= 0.6 is 11.6 Å². The van der Waals surface area contributed by atoms with Gasteiger partial charge in [-0.1, -0.05) is 37.6 Å². The van der Waals surface area contributed by atoms with E-state index in [4.69, 9.17) is 11.6 Å². The fourth-order valence-corrected chi connectivity index (χ4v) is 1.71. The lowest BCUT2D eigenvalue weighted by Gasteiger charge is -2.29. The van der Waals surface area contributed by atoms with E-state index < -0.39 is 11.4 Å². The molecule has 1 N–H and O–H groups in total. The smallest absolute Gasteiger partial charge is 0.314 e. The average molecular weight is 227 g/mol. The minimum absolute atomic E-state index is 0.00784. The lowest BCUT2D eigenvalue weighted by atomic mass is 9.73. The van der Waals surface area contributed by atoms with E-state index in [0.717, 1.165) is 5.56 Å². The Morgan fingerprint density at radius 3 is 2.47 bits per heavy atom. The molecule has 0 radical (unpaired) electrons. The summed E-state index contributed by atoms with van der Waals surface area (Å²) in [6.45, 7) is 5.52. The monoisotopic (exact) mass is 226 g/mol. The summed E-state index contributed by atoms with van der Waals surface area (Å²) in [5.74, 6) is -0.812. The van der Waals surface area contributed by atoms with Gasteiger partial charge in [0, 0.05) is 5.02 Å². The Hall–Kier alpha value is -1.02. The molecule has 15 heavy (non-hydrogen) atoms. The molecular weight excluding hydrogens is 212 g/mol. The van der Waals surface area contributed by atoms with Crippen LogP contribution in [0.2, 0.25) is 5.02 Å². The number of benzene rings is 1. The van der Waals surface area contributed by atoms with Crippen molar-refractivity contribution in [1.82, 2.24) is 0 Å². The van der Waals surface area contributed by atoms with Crippen molar-refractivity contribution in [2.24, 2.45) is 5.92 Å². The van der Waals surface area contributed by atoms with Gasteiger partial charge >= 0.3 is 5.97 Å². The van der Waals surface area contributed by atoms with Crippen LogP contribution in [0.5, 0.6) is 0 Å². The molecule has 0 heterocycles. The van der Waals surface area contributed by atoms with Crippen molar-refractivity contribution in [3.63, 3.8) is 0 Å². The number of hydrogen-bond donors (Lipinski definition) is 1.